The smallest absolute Gasteiger partial charge is 0.253 e. The number of β-amino-alcohol motifs (C(OH)–C–C–N with tert-alkyl or cyclic N) is 1. The summed E-state index contributed by atoms with van der Waals surface area (Å²) in [6.45, 7) is 4.21. The maximum atomic E-state index is 11.5. The highest BCUT2D eigenvalue weighted by molar-refractivity contribution is 7.92. The van der Waals surface area contributed by atoms with Gasteiger partial charge in [0.25, 0.3) is 4.90 Å². The summed E-state index contributed by atoms with van der Waals surface area (Å²) in [5.74, 6) is 2.18. The number of carbonyl (C=O) groups excluding carboxylic acids is 1. The van der Waals surface area contributed by atoms with Gasteiger partial charge in [0, 0.05) is 45.6 Å². The summed E-state index contributed by atoms with van der Waals surface area (Å²) in [6.07, 6.45) is 2.19. The first-order chi connectivity index (χ1) is 12.0. The van der Waals surface area contributed by atoms with E-state index in [4.69, 9.17) is 0 Å². The largest absolute Gasteiger partial charge is 0.389 e. The number of aromatic nitrogens is 2. The Bertz CT molecular complexity index is 674. The second-order valence-electron chi connectivity index (χ2n) is 6.95. The van der Waals surface area contributed by atoms with Crippen LogP contribution in [-0.2, 0) is 22.4 Å². The van der Waals surface area contributed by atoms with Crippen LogP contribution in [0.4, 0.5) is 11.8 Å². The Kier molecular flexibility index (Phi) is 4.47. The zero-order chi connectivity index (χ0) is 17.6. The van der Waals surface area contributed by atoms with Gasteiger partial charge < -0.3 is 20.2 Å². The normalized spacial score (nSPS) is 24.2. The van der Waals surface area contributed by atoms with Crippen LogP contribution in [0.25, 0.3) is 0 Å². The molecule has 2 saturated heterocycles. The lowest BCUT2D eigenvalue weighted by Gasteiger charge is -2.36. The van der Waals surface area contributed by atoms with Crippen molar-refractivity contribution in [3.8, 4) is 0 Å². The van der Waals surface area contributed by atoms with Gasteiger partial charge in [-0.25, -0.2) is 4.98 Å². The maximum Gasteiger partial charge on any atom is 0.253 e. The number of aliphatic hydroxyl groups is 1. The molecule has 3 aliphatic rings. The molecule has 0 aromatic carbocycles. The van der Waals surface area contributed by atoms with Gasteiger partial charge in [-0.1, -0.05) is 0 Å². The minimum absolute atomic E-state index is 0.122. The van der Waals surface area contributed by atoms with Gasteiger partial charge in [0.15, 0.2) is 22.7 Å². The lowest BCUT2D eigenvalue weighted by Crippen LogP contribution is -2.51. The fourth-order valence-electron chi connectivity index (χ4n) is 3.59. The van der Waals surface area contributed by atoms with Crippen molar-refractivity contribution in [2.45, 2.75) is 43.2 Å². The number of aliphatic hydroxyl groups excluding tert-OH is 1. The molecule has 1 aromatic rings. The van der Waals surface area contributed by atoms with Crippen molar-refractivity contribution in [2.75, 3.05) is 42.1 Å². The maximum absolute atomic E-state index is 11.5. The first-order valence-corrected chi connectivity index (χ1v) is 10.1. The summed E-state index contributed by atoms with van der Waals surface area (Å²) < 4.78 is 10.4. The molecular formula is C16H24N5O3S+. The van der Waals surface area contributed by atoms with Crippen molar-refractivity contribution >= 4 is 28.8 Å². The Morgan fingerprint density at radius 2 is 2.00 bits per heavy atom. The lowest BCUT2D eigenvalue weighted by atomic mass is 10.1. The minimum atomic E-state index is -0.810. The van der Waals surface area contributed by atoms with Crippen LogP contribution in [0.2, 0.25) is 0 Å². The molecule has 4 heterocycles. The fraction of sp³-hybridized carbons (Fsp3) is 0.688. The summed E-state index contributed by atoms with van der Waals surface area (Å²) in [4.78, 5) is 25.4. The highest BCUT2D eigenvalue weighted by Crippen LogP contribution is 2.34. The minimum Gasteiger partial charge on any atom is -0.389 e. The van der Waals surface area contributed by atoms with E-state index in [-0.39, 0.29) is 18.1 Å². The number of nitrogens with one attached hydrogen (secondary N) is 1. The molecule has 0 aliphatic carbocycles. The summed E-state index contributed by atoms with van der Waals surface area (Å²) in [6, 6.07) is 0.238. The zero-order valence-electron chi connectivity index (χ0n) is 14.3. The molecule has 1 unspecified atom stereocenters. The first kappa shape index (κ1) is 16.9. The third-order valence-electron chi connectivity index (χ3n) is 5.12. The van der Waals surface area contributed by atoms with Gasteiger partial charge in [0.05, 0.1) is 6.10 Å². The number of fused-ring (bicyclic) bond motifs is 1. The monoisotopic (exact) mass is 366 g/mol. The van der Waals surface area contributed by atoms with Crippen molar-refractivity contribution in [3.05, 3.63) is 5.69 Å². The van der Waals surface area contributed by atoms with Crippen LogP contribution >= 0.6 is 0 Å². The Balaban J connectivity index is 1.53. The number of rotatable bonds is 3. The molecular weight excluding hydrogens is 342 g/mol. The van der Waals surface area contributed by atoms with Gasteiger partial charge in [-0.3, -0.25) is 4.79 Å². The number of hydrogen-bond acceptors (Lipinski definition) is 7. The molecule has 0 bridgehead atoms. The fourth-order valence-corrected chi connectivity index (χ4v) is 4.92. The van der Waals surface area contributed by atoms with Gasteiger partial charge in [-0.05, 0) is 12.8 Å². The Labute approximate surface area is 149 Å². The molecule has 2 fully saturated rings. The third kappa shape index (κ3) is 3.28. The van der Waals surface area contributed by atoms with Gasteiger partial charge in [0.1, 0.15) is 5.69 Å². The van der Waals surface area contributed by atoms with E-state index in [2.05, 4.69) is 15.3 Å². The molecule has 0 radical (unpaired) electrons. The molecule has 1 amide bonds. The molecule has 0 spiro atoms. The zero-order valence-corrected chi connectivity index (χ0v) is 15.1. The molecule has 136 valence electrons. The number of piperidine rings is 1. The van der Waals surface area contributed by atoms with Crippen molar-refractivity contribution < 1.29 is 14.5 Å². The van der Waals surface area contributed by atoms with Crippen molar-refractivity contribution in [1.29, 1.82) is 0 Å². The topological polar surface area (TPSA) is 102 Å². The van der Waals surface area contributed by atoms with Crippen LogP contribution in [0, 0.1) is 0 Å². The standard InChI is InChI=1S/C16H24N5O3S/c1-10(22)20-5-2-11(3-6-20)17-15-14-13(4-7-25(14)24)18-16(19-15)21-8-12(23)9-21/h11-12,23-24H,2-9H2,1H3,(H,17,18,19)/q+1. The summed E-state index contributed by atoms with van der Waals surface area (Å²) in [7, 11) is 0. The number of aryl methyl sites for hydroxylation is 1. The second-order valence-corrected chi connectivity index (χ2v) is 8.50. The molecule has 1 atom stereocenters. The molecule has 1 aromatic heterocycles. The molecule has 9 heteroatoms. The molecule has 25 heavy (non-hydrogen) atoms. The predicted octanol–water partition coefficient (Wildman–Crippen LogP) is 0.0866. The van der Waals surface area contributed by atoms with Gasteiger partial charge in [-0.2, -0.15) is 9.54 Å². The van der Waals surface area contributed by atoms with Crippen LogP contribution in [0.3, 0.4) is 0 Å². The van der Waals surface area contributed by atoms with Crippen LogP contribution in [-0.4, -0.2) is 74.5 Å². The first-order valence-electron chi connectivity index (χ1n) is 8.77. The molecule has 8 nitrogen and oxygen atoms in total. The SMILES string of the molecule is CC(=O)N1CCC(Nc2nc(N3CC(O)C3)nc3c2[S+](O)CC3)CC1. The number of anilines is 2. The number of nitrogens with zero attached hydrogens (tertiary/aromatic N) is 4. The van der Waals surface area contributed by atoms with E-state index in [1.807, 2.05) is 9.80 Å². The van der Waals surface area contributed by atoms with Crippen molar-refractivity contribution in [2.24, 2.45) is 0 Å². The van der Waals surface area contributed by atoms with E-state index in [0.717, 1.165) is 48.8 Å². The third-order valence-corrected chi connectivity index (χ3v) is 6.61. The van der Waals surface area contributed by atoms with Crippen LogP contribution in [0.5, 0.6) is 0 Å². The van der Waals surface area contributed by atoms with Crippen molar-refractivity contribution in [1.82, 2.24) is 14.9 Å². The van der Waals surface area contributed by atoms with Crippen molar-refractivity contribution in [3.63, 3.8) is 0 Å². The summed E-state index contributed by atoms with van der Waals surface area (Å²) in [5, 5.41) is 13.0. The Morgan fingerprint density at radius 3 is 2.64 bits per heavy atom. The molecule has 0 saturated carbocycles. The number of carbonyl (C=O) groups is 1. The van der Waals surface area contributed by atoms with E-state index in [1.54, 1.807) is 6.92 Å². The quantitative estimate of drug-likeness (QED) is 0.652. The van der Waals surface area contributed by atoms with E-state index in [9.17, 15) is 14.5 Å². The molecule has 3 N–H and O–H groups in total. The van der Waals surface area contributed by atoms with E-state index < -0.39 is 11.2 Å². The number of hydrogen-bond donors (Lipinski definition) is 3. The average Bonchev–Trinajstić information content (AvgIpc) is 2.94. The van der Waals surface area contributed by atoms with E-state index in [0.29, 0.717) is 24.8 Å². The van der Waals surface area contributed by atoms with Crippen LogP contribution in [0.1, 0.15) is 25.5 Å². The average molecular weight is 366 g/mol. The molecule has 3 aliphatic heterocycles. The summed E-state index contributed by atoms with van der Waals surface area (Å²) in [5.41, 5.74) is 0.917. The Morgan fingerprint density at radius 1 is 1.28 bits per heavy atom. The van der Waals surface area contributed by atoms with Gasteiger partial charge in [-0.15, -0.1) is 0 Å². The van der Waals surface area contributed by atoms with E-state index >= 15 is 0 Å². The summed E-state index contributed by atoms with van der Waals surface area (Å²) >= 11 is -0.810. The Hall–Kier alpha value is -1.58. The molecule has 4 rings (SSSR count). The van der Waals surface area contributed by atoms with Crippen LogP contribution in [0.15, 0.2) is 4.90 Å². The van der Waals surface area contributed by atoms with Gasteiger partial charge in [0.2, 0.25) is 11.9 Å². The predicted molar refractivity (Wildman–Crippen MR) is 96.0 cm³/mol. The van der Waals surface area contributed by atoms with Crippen LogP contribution < -0.4 is 10.2 Å². The van der Waals surface area contributed by atoms with E-state index in [1.165, 1.54) is 0 Å². The highest BCUT2D eigenvalue weighted by atomic mass is 32.2. The lowest BCUT2D eigenvalue weighted by molar-refractivity contribution is -0.129. The second kappa shape index (κ2) is 6.62. The number of likely N-dealkylation sites (tertiary alicyclic amines) is 1. The van der Waals surface area contributed by atoms with Gasteiger partial charge >= 0.3 is 0 Å². The highest BCUT2D eigenvalue weighted by Gasteiger charge is 2.40. The number of amides is 1.